The van der Waals surface area contributed by atoms with Crippen LogP contribution in [0.2, 0.25) is 0 Å². The summed E-state index contributed by atoms with van der Waals surface area (Å²) in [6, 6.07) is 7.64. The van der Waals surface area contributed by atoms with Crippen molar-refractivity contribution in [2.24, 2.45) is 5.92 Å². The fraction of sp³-hybridized carbons (Fsp3) is 0.636. The number of nitrogens with zero attached hydrogens (tertiary/aromatic N) is 1. The third kappa shape index (κ3) is 5.04. The van der Waals surface area contributed by atoms with E-state index in [9.17, 15) is 9.59 Å². The Bertz CT molecular complexity index is 669. The highest BCUT2D eigenvalue weighted by Gasteiger charge is 2.34. The average Bonchev–Trinajstić information content (AvgIpc) is 2.75. The van der Waals surface area contributed by atoms with Crippen LogP contribution in [0, 0.1) is 5.92 Å². The van der Waals surface area contributed by atoms with Crippen LogP contribution in [0.4, 0.5) is 5.69 Å². The van der Waals surface area contributed by atoms with Crippen LogP contribution in [0.5, 0.6) is 5.75 Å². The van der Waals surface area contributed by atoms with E-state index in [-0.39, 0.29) is 24.4 Å². The SMILES string of the molecule is CCC(CC)NC(=O)C1CN(C(=O)CCC2CCNCC2)c2ccccc2O1. The molecule has 3 rings (SSSR count). The molecule has 2 aliphatic rings. The summed E-state index contributed by atoms with van der Waals surface area (Å²) in [5.41, 5.74) is 0.768. The Morgan fingerprint density at radius 3 is 2.64 bits per heavy atom. The van der Waals surface area contributed by atoms with Gasteiger partial charge >= 0.3 is 0 Å². The summed E-state index contributed by atoms with van der Waals surface area (Å²) >= 11 is 0. The minimum absolute atomic E-state index is 0.0783. The highest BCUT2D eigenvalue weighted by molar-refractivity contribution is 5.97. The number of ether oxygens (including phenoxy) is 1. The third-order valence-electron chi connectivity index (χ3n) is 5.92. The average molecular weight is 388 g/mol. The van der Waals surface area contributed by atoms with E-state index in [2.05, 4.69) is 24.5 Å². The van der Waals surface area contributed by atoms with Crippen LogP contribution in [0.15, 0.2) is 24.3 Å². The topological polar surface area (TPSA) is 70.7 Å². The third-order valence-corrected chi connectivity index (χ3v) is 5.92. The van der Waals surface area contributed by atoms with Gasteiger partial charge in [0.1, 0.15) is 5.75 Å². The van der Waals surface area contributed by atoms with E-state index in [0.29, 0.717) is 18.1 Å². The molecule has 2 N–H and O–H groups in total. The van der Waals surface area contributed by atoms with Crippen molar-refractivity contribution in [3.05, 3.63) is 24.3 Å². The lowest BCUT2D eigenvalue weighted by Gasteiger charge is -2.35. The molecule has 0 bridgehead atoms. The molecule has 0 aromatic heterocycles. The molecule has 2 aliphatic heterocycles. The molecular formula is C22H33N3O3. The maximum absolute atomic E-state index is 13.0. The molecule has 28 heavy (non-hydrogen) atoms. The van der Waals surface area contributed by atoms with Gasteiger partial charge in [-0.3, -0.25) is 9.59 Å². The highest BCUT2D eigenvalue weighted by Crippen LogP contribution is 2.34. The molecule has 6 heteroatoms. The minimum Gasteiger partial charge on any atom is -0.477 e. The quantitative estimate of drug-likeness (QED) is 0.755. The van der Waals surface area contributed by atoms with Crippen molar-refractivity contribution >= 4 is 17.5 Å². The zero-order valence-corrected chi connectivity index (χ0v) is 17.1. The number of para-hydroxylation sites is 2. The lowest BCUT2D eigenvalue weighted by Crippen LogP contribution is -2.52. The molecular weight excluding hydrogens is 354 g/mol. The predicted molar refractivity (Wildman–Crippen MR) is 111 cm³/mol. The molecule has 1 aromatic carbocycles. The van der Waals surface area contributed by atoms with Gasteiger partial charge in [0.25, 0.3) is 5.91 Å². The van der Waals surface area contributed by atoms with Gasteiger partial charge in [0.15, 0.2) is 6.10 Å². The van der Waals surface area contributed by atoms with E-state index in [4.69, 9.17) is 4.74 Å². The number of anilines is 1. The lowest BCUT2D eigenvalue weighted by atomic mass is 9.93. The summed E-state index contributed by atoms with van der Waals surface area (Å²) in [5, 5.41) is 6.42. The zero-order chi connectivity index (χ0) is 19.9. The largest absolute Gasteiger partial charge is 0.477 e. The van der Waals surface area contributed by atoms with Gasteiger partial charge in [0.05, 0.1) is 12.2 Å². The highest BCUT2D eigenvalue weighted by atomic mass is 16.5. The molecule has 1 aromatic rings. The predicted octanol–water partition coefficient (Wildman–Crippen LogP) is 2.87. The van der Waals surface area contributed by atoms with Gasteiger partial charge in [-0.1, -0.05) is 26.0 Å². The molecule has 0 saturated carbocycles. The molecule has 0 radical (unpaired) electrons. The van der Waals surface area contributed by atoms with Gasteiger partial charge in [0, 0.05) is 12.5 Å². The standard InChI is InChI=1S/C22H33N3O3/c1-3-17(4-2)24-22(27)20-15-25(18-7-5-6-8-19(18)28-20)21(26)10-9-16-11-13-23-14-12-16/h5-8,16-17,20,23H,3-4,9-15H2,1-2H3,(H,24,27). The van der Waals surface area contributed by atoms with Crippen LogP contribution in [0.25, 0.3) is 0 Å². The molecule has 6 nitrogen and oxygen atoms in total. The minimum atomic E-state index is -0.668. The van der Waals surface area contributed by atoms with E-state index in [1.54, 1.807) is 4.90 Å². The van der Waals surface area contributed by atoms with Gasteiger partial charge in [-0.25, -0.2) is 0 Å². The second-order valence-electron chi connectivity index (χ2n) is 7.83. The first-order chi connectivity index (χ1) is 13.6. The second-order valence-corrected chi connectivity index (χ2v) is 7.83. The molecule has 0 spiro atoms. The van der Waals surface area contributed by atoms with Gasteiger partial charge in [0.2, 0.25) is 5.91 Å². The summed E-state index contributed by atoms with van der Waals surface area (Å²) in [4.78, 5) is 27.5. The first-order valence-electron chi connectivity index (χ1n) is 10.7. The summed E-state index contributed by atoms with van der Waals surface area (Å²) < 4.78 is 5.94. The number of hydrogen-bond acceptors (Lipinski definition) is 4. The first-order valence-corrected chi connectivity index (χ1v) is 10.7. The number of amides is 2. The van der Waals surface area contributed by atoms with Crippen LogP contribution >= 0.6 is 0 Å². The van der Waals surface area contributed by atoms with Crippen molar-refractivity contribution in [1.29, 1.82) is 0 Å². The monoisotopic (exact) mass is 387 g/mol. The van der Waals surface area contributed by atoms with E-state index < -0.39 is 6.10 Å². The molecule has 1 fully saturated rings. The molecule has 1 unspecified atom stereocenters. The maximum Gasteiger partial charge on any atom is 0.263 e. The Hall–Kier alpha value is -2.08. The first kappa shape index (κ1) is 20.6. The summed E-state index contributed by atoms with van der Waals surface area (Å²) in [6.45, 7) is 6.47. The normalized spacial score (nSPS) is 19.8. The number of piperidine rings is 1. The number of carbonyl (C=O) groups excluding carboxylic acids is 2. The Morgan fingerprint density at radius 1 is 1.21 bits per heavy atom. The number of fused-ring (bicyclic) bond motifs is 1. The number of nitrogens with one attached hydrogen (secondary N) is 2. The molecule has 154 valence electrons. The van der Waals surface area contributed by atoms with E-state index in [1.807, 2.05) is 24.3 Å². The Morgan fingerprint density at radius 2 is 1.93 bits per heavy atom. The van der Waals surface area contributed by atoms with Crippen molar-refractivity contribution in [2.45, 2.75) is 64.5 Å². The molecule has 2 heterocycles. The summed E-state index contributed by atoms with van der Waals surface area (Å²) in [5.74, 6) is 1.15. The van der Waals surface area contributed by atoms with Crippen molar-refractivity contribution in [1.82, 2.24) is 10.6 Å². The smallest absolute Gasteiger partial charge is 0.263 e. The van der Waals surface area contributed by atoms with E-state index >= 15 is 0 Å². The van der Waals surface area contributed by atoms with Gasteiger partial charge < -0.3 is 20.3 Å². The van der Waals surface area contributed by atoms with E-state index in [1.165, 1.54) is 0 Å². The Balaban J connectivity index is 1.68. The fourth-order valence-corrected chi connectivity index (χ4v) is 4.03. The van der Waals surface area contributed by atoms with Crippen molar-refractivity contribution in [3.63, 3.8) is 0 Å². The number of rotatable bonds is 7. The van der Waals surface area contributed by atoms with Crippen molar-refractivity contribution < 1.29 is 14.3 Å². The molecule has 2 amide bonds. The Kier molecular flexibility index (Phi) is 7.31. The fourth-order valence-electron chi connectivity index (χ4n) is 4.03. The maximum atomic E-state index is 13.0. The van der Waals surface area contributed by atoms with Gasteiger partial charge in [-0.05, 0) is 63.2 Å². The van der Waals surface area contributed by atoms with E-state index in [0.717, 1.165) is 50.9 Å². The van der Waals surface area contributed by atoms with Crippen LogP contribution in [-0.4, -0.2) is 43.6 Å². The molecule has 0 aliphatic carbocycles. The lowest BCUT2D eigenvalue weighted by molar-refractivity contribution is -0.129. The number of benzene rings is 1. The zero-order valence-electron chi connectivity index (χ0n) is 17.1. The Labute approximate surface area is 168 Å². The number of carbonyl (C=O) groups is 2. The van der Waals surface area contributed by atoms with Crippen LogP contribution < -0.4 is 20.3 Å². The van der Waals surface area contributed by atoms with Crippen molar-refractivity contribution in [2.75, 3.05) is 24.5 Å². The van der Waals surface area contributed by atoms with Gasteiger partial charge in [-0.2, -0.15) is 0 Å². The summed E-state index contributed by atoms with van der Waals surface area (Å²) in [6.07, 6.45) is 4.78. The van der Waals surface area contributed by atoms with Crippen LogP contribution in [0.1, 0.15) is 52.4 Å². The van der Waals surface area contributed by atoms with Crippen molar-refractivity contribution in [3.8, 4) is 5.75 Å². The summed E-state index contributed by atoms with van der Waals surface area (Å²) in [7, 11) is 0. The number of hydrogen-bond donors (Lipinski definition) is 2. The van der Waals surface area contributed by atoms with Crippen LogP contribution in [0.3, 0.4) is 0 Å². The van der Waals surface area contributed by atoms with Gasteiger partial charge in [-0.15, -0.1) is 0 Å². The van der Waals surface area contributed by atoms with Crippen LogP contribution in [-0.2, 0) is 9.59 Å². The molecule has 1 saturated heterocycles. The molecule has 1 atom stereocenters. The second kappa shape index (κ2) is 9.92.